The number of nitrogens with zero attached hydrogens (tertiary/aromatic N) is 2. The van der Waals surface area contributed by atoms with Gasteiger partial charge in [0.1, 0.15) is 12.6 Å². The zero-order chi connectivity index (χ0) is 23.6. The monoisotopic (exact) mass is 459 g/mol. The zero-order valence-corrected chi connectivity index (χ0v) is 19.8. The van der Waals surface area contributed by atoms with Crippen molar-refractivity contribution in [3.8, 4) is 0 Å². The lowest BCUT2D eigenvalue weighted by atomic mass is 10.1. The summed E-state index contributed by atoms with van der Waals surface area (Å²) in [6, 6.07) is 17.5. The molecule has 1 N–H and O–H groups in total. The van der Waals surface area contributed by atoms with E-state index in [1.807, 2.05) is 44.2 Å². The molecule has 0 bridgehead atoms. The first-order chi connectivity index (χ1) is 15.3. The number of hydrogen-bond donors (Lipinski definition) is 1. The molecule has 0 heterocycles. The van der Waals surface area contributed by atoms with Crippen molar-refractivity contribution in [1.29, 1.82) is 0 Å². The number of anilines is 1. The predicted molar refractivity (Wildman–Crippen MR) is 128 cm³/mol. The number of sulfonamides is 1. The standard InChI is InChI=1S/C24H33N3O4S/c1-4-17-25-24(29)22(5-2)26(18-16-20-12-8-6-9-13-20)23(28)19-27(32(3,30)31)21-14-10-7-11-15-21/h6-15,22H,4-5,16-19H2,1-3H3,(H,25,29)/t22-/m0/s1. The van der Waals surface area contributed by atoms with Gasteiger partial charge in [0, 0.05) is 13.1 Å². The lowest BCUT2D eigenvalue weighted by Crippen LogP contribution is -2.53. The Hall–Kier alpha value is -2.87. The number of rotatable bonds is 12. The molecular weight excluding hydrogens is 426 g/mol. The van der Waals surface area contributed by atoms with E-state index in [-0.39, 0.29) is 12.5 Å². The van der Waals surface area contributed by atoms with Gasteiger partial charge in [-0.1, -0.05) is 62.4 Å². The molecule has 2 amide bonds. The Morgan fingerprint density at radius 2 is 1.56 bits per heavy atom. The fourth-order valence-corrected chi connectivity index (χ4v) is 4.32. The van der Waals surface area contributed by atoms with E-state index in [0.29, 0.717) is 31.6 Å². The van der Waals surface area contributed by atoms with Crippen LogP contribution in [-0.4, -0.2) is 57.1 Å². The van der Waals surface area contributed by atoms with Gasteiger partial charge in [0.2, 0.25) is 21.8 Å². The summed E-state index contributed by atoms with van der Waals surface area (Å²) in [6.07, 6.45) is 2.86. The third kappa shape index (κ3) is 7.37. The van der Waals surface area contributed by atoms with Crippen LogP contribution in [0.2, 0.25) is 0 Å². The molecule has 0 spiro atoms. The molecule has 1 atom stereocenters. The fourth-order valence-electron chi connectivity index (χ4n) is 3.47. The Balaban J connectivity index is 2.30. The first kappa shape index (κ1) is 25.4. The van der Waals surface area contributed by atoms with Crippen LogP contribution in [-0.2, 0) is 26.0 Å². The Bertz CT molecular complexity index is 965. The lowest BCUT2D eigenvalue weighted by Gasteiger charge is -2.32. The number of para-hydroxylation sites is 1. The molecule has 0 unspecified atom stereocenters. The van der Waals surface area contributed by atoms with Crippen molar-refractivity contribution in [1.82, 2.24) is 10.2 Å². The molecule has 0 saturated heterocycles. The minimum atomic E-state index is -3.70. The van der Waals surface area contributed by atoms with Crippen LogP contribution < -0.4 is 9.62 Å². The van der Waals surface area contributed by atoms with Crippen molar-refractivity contribution in [2.24, 2.45) is 0 Å². The number of amides is 2. The quantitative estimate of drug-likeness (QED) is 0.529. The lowest BCUT2D eigenvalue weighted by molar-refractivity contribution is -0.139. The Morgan fingerprint density at radius 1 is 0.969 bits per heavy atom. The second kappa shape index (κ2) is 12.2. The highest BCUT2D eigenvalue weighted by molar-refractivity contribution is 7.92. The normalized spacial score (nSPS) is 12.1. The first-order valence-corrected chi connectivity index (χ1v) is 12.8. The van der Waals surface area contributed by atoms with Gasteiger partial charge in [-0.15, -0.1) is 0 Å². The minimum Gasteiger partial charge on any atom is -0.354 e. The number of nitrogens with one attached hydrogen (secondary N) is 1. The van der Waals surface area contributed by atoms with E-state index >= 15 is 0 Å². The molecule has 2 rings (SSSR count). The van der Waals surface area contributed by atoms with Crippen LogP contribution in [0.4, 0.5) is 5.69 Å². The molecule has 0 radical (unpaired) electrons. The molecule has 0 saturated carbocycles. The van der Waals surface area contributed by atoms with Crippen LogP contribution in [0.5, 0.6) is 0 Å². The molecule has 0 aromatic heterocycles. The highest BCUT2D eigenvalue weighted by Crippen LogP contribution is 2.18. The second-order valence-corrected chi connectivity index (χ2v) is 9.55. The summed E-state index contributed by atoms with van der Waals surface area (Å²) in [7, 11) is -3.70. The van der Waals surface area contributed by atoms with E-state index in [1.54, 1.807) is 30.3 Å². The predicted octanol–water partition coefficient (Wildman–Crippen LogP) is 2.83. The van der Waals surface area contributed by atoms with Gasteiger partial charge in [0.15, 0.2) is 0 Å². The molecule has 2 aromatic carbocycles. The third-order valence-electron chi connectivity index (χ3n) is 5.14. The molecule has 0 aliphatic carbocycles. The Morgan fingerprint density at radius 3 is 2.09 bits per heavy atom. The molecule has 174 valence electrons. The zero-order valence-electron chi connectivity index (χ0n) is 19.0. The summed E-state index contributed by atoms with van der Waals surface area (Å²) in [6.45, 7) is 4.28. The van der Waals surface area contributed by atoms with Gasteiger partial charge in [-0.25, -0.2) is 8.42 Å². The second-order valence-electron chi connectivity index (χ2n) is 7.64. The summed E-state index contributed by atoms with van der Waals surface area (Å²) in [4.78, 5) is 27.7. The molecule has 32 heavy (non-hydrogen) atoms. The van der Waals surface area contributed by atoms with Crippen molar-refractivity contribution in [3.63, 3.8) is 0 Å². The van der Waals surface area contributed by atoms with Crippen molar-refractivity contribution in [2.75, 3.05) is 30.2 Å². The maximum atomic E-state index is 13.4. The van der Waals surface area contributed by atoms with E-state index in [0.717, 1.165) is 22.5 Å². The summed E-state index contributed by atoms with van der Waals surface area (Å²) < 4.78 is 26.0. The average Bonchev–Trinajstić information content (AvgIpc) is 2.78. The van der Waals surface area contributed by atoms with Gasteiger partial charge in [-0.2, -0.15) is 0 Å². The van der Waals surface area contributed by atoms with E-state index in [9.17, 15) is 18.0 Å². The van der Waals surface area contributed by atoms with Crippen LogP contribution in [0.1, 0.15) is 32.3 Å². The van der Waals surface area contributed by atoms with E-state index in [2.05, 4.69) is 5.32 Å². The topological polar surface area (TPSA) is 86.8 Å². The molecule has 2 aromatic rings. The number of carbonyl (C=O) groups is 2. The summed E-state index contributed by atoms with van der Waals surface area (Å²) in [5.74, 6) is -0.630. The summed E-state index contributed by atoms with van der Waals surface area (Å²) in [5.41, 5.74) is 1.45. The summed E-state index contributed by atoms with van der Waals surface area (Å²) in [5, 5.41) is 2.87. The van der Waals surface area contributed by atoms with Gasteiger partial charge in [-0.3, -0.25) is 13.9 Å². The Kier molecular flexibility index (Phi) is 9.71. The van der Waals surface area contributed by atoms with E-state index in [1.165, 1.54) is 4.90 Å². The maximum absolute atomic E-state index is 13.4. The minimum absolute atomic E-state index is 0.221. The molecule has 0 aliphatic rings. The Labute approximate surface area is 191 Å². The average molecular weight is 460 g/mol. The van der Waals surface area contributed by atoms with Gasteiger partial charge in [0.05, 0.1) is 11.9 Å². The van der Waals surface area contributed by atoms with Gasteiger partial charge < -0.3 is 10.2 Å². The first-order valence-electron chi connectivity index (χ1n) is 10.9. The van der Waals surface area contributed by atoms with E-state index in [4.69, 9.17) is 0 Å². The maximum Gasteiger partial charge on any atom is 0.244 e. The molecular formula is C24H33N3O4S. The molecule has 0 aliphatic heterocycles. The van der Waals surface area contributed by atoms with Crippen molar-refractivity contribution < 1.29 is 18.0 Å². The van der Waals surface area contributed by atoms with Gasteiger partial charge >= 0.3 is 0 Å². The fraction of sp³-hybridized carbons (Fsp3) is 0.417. The third-order valence-corrected chi connectivity index (χ3v) is 6.28. The van der Waals surface area contributed by atoms with Crippen LogP contribution in [0.3, 0.4) is 0 Å². The van der Waals surface area contributed by atoms with Crippen LogP contribution >= 0.6 is 0 Å². The summed E-state index contributed by atoms with van der Waals surface area (Å²) >= 11 is 0. The van der Waals surface area contributed by atoms with Crippen LogP contribution in [0, 0.1) is 0 Å². The van der Waals surface area contributed by atoms with Crippen molar-refractivity contribution in [3.05, 3.63) is 66.2 Å². The van der Waals surface area contributed by atoms with Crippen molar-refractivity contribution in [2.45, 2.75) is 39.2 Å². The van der Waals surface area contributed by atoms with Crippen LogP contribution in [0.15, 0.2) is 60.7 Å². The van der Waals surface area contributed by atoms with Gasteiger partial charge in [0.25, 0.3) is 0 Å². The van der Waals surface area contributed by atoms with Crippen molar-refractivity contribution >= 4 is 27.5 Å². The van der Waals surface area contributed by atoms with E-state index < -0.39 is 22.0 Å². The number of hydrogen-bond acceptors (Lipinski definition) is 4. The van der Waals surface area contributed by atoms with Crippen LogP contribution in [0.25, 0.3) is 0 Å². The highest BCUT2D eigenvalue weighted by Gasteiger charge is 2.31. The smallest absolute Gasteiger partial charge is 0.244 e. The highest BCUT2D eigenvalue weighted by atomic mass is 32.2. The molecule has 0 fully saturated rings. The largest absolute Gasteiger partial charge is 0.354 e. The molecule has 7 nitrogen and oxygen atoms in total. The number of benzene rings is 2. The number of carbonyl (C=O) groups excluding carboxylic acids is 2. The molecule has 8 heteroatoms. The SMILES string of the molecule is CCCNC(=O)[C@H](CC)N(CCc1ccccc1)C(=O)CN(c1ccccc1)S(C)(=O)=O. The van der Waals surface area contributed by atoms with Gasteiger partial charge in [-0.05, 0) is 37.0 Å².